The van der Waals surface area contributed by atoms with Gasteiger partial charge in [0.05, 0.1) is 12.0 Å². The molecular weight excluding hydrogens is 280 g/mol. The fourth-order valence-corrected chi connectivity index (χ4v) is 4.91. The number of carbonyl (C=O) groups is 1. The summed E-state index contributed by atoms with van der Waals surface area (Å²) in [5.41, 5.74) is -0.250. The summed E-state index contributed by atoms with van der Waals surface area (Å²) in [5.74, 6) is -1.21. The molecule has 2 fully saturated rings. The second-order valence-corrected chi connectivity index (χ2v) is 9.51. The lowest BCUT2D eigenvalue weighted by atomic mass is 10.2. The van der Waals surface area contributed by atoms with Crippen LogP contribution in [0.1, 0.15) is 32.6 Å². The molecule has 0 spiro atoms. The van der Waals surface area contributed by atoms with E-state index in [1.807, 2.05) is 6.92 Å². The van der Waals surface area contributed by atoms with Crippen molar-refractivity contribution in [3.63, 3.8) is 0 Å². The quantitative estimate of drug-likeness (QED) is 0.674. The Kier molecular flexibility index (Phi) is 2.83. The van der Waals surface area contributed by atoms with E-state index in [-0.39, 0.29) is 24.0 Å². The average Bonchev–Trinajstić information content (AvgIpc) is 2.96. The molecule has 0 unspecified atom stereocenters. The first-order valence-corrected chi connectivity index (χ1v) is 9.13. The number of carbonyl (C=O) groups excluding carboxylic acids is 1. The third-order valence-corrected chi connectivity index (χ3v) is 6.84. The van der Waals surface area contributed by atoms with Gasteiger partial charge in [-0.1, -0.05) is 6.92 Å². The standard InChI is InChI=1S/C10H16O6S2/c1-9(3-4-9)7-18(14,15)10(5-6-10)8(11)16-17(2,12)13/h3-7H2,1-2H3. The molecule has 2 saturated carbocycles. The Morgan fingerprint density at radius 3 is 1.94 bits per heavy atom. The van der Waals surface area contributed by atoms with Crippen LogP contribution in [0.3, 0.4) is 0 Å². The van der Waals surface area contributed by atoms with Crippen LogP contribution in [0.15, 0.2) is 0 Å². The van der Waals surface area contributed by atoms with Crippen molar-refractivity contribution in [1.82, 2.24) is 0 Å². The molecule has 0 heterocycles. The first kappa shape index (κ1) is 13.8. The van der Waals surface area contributed by atoms with Gasteiger partial charge in [0.15, 0.2) is 14.6 Å². The molecule has 8 heteroatoms. The first-order valence-electron chi connectivity index (χ1n) is 5.66. The number of sulfone groups is 1. The highest BCUT2D eigenvalue weighted by molar-refractivity contribution is 7.94. The Labute approximate surface area is 107 Å². The number of hydrogen-bond acceptors (Lipinski definition) is 6. The van der Waals surface area contributed by atoms with Gasteiger partial charge in [0.25, 0.3) is 0 Å². The van der Waals surface area contributed by atoms with E-state index in [1.165, 1.54) is 0 Å². The van der Waals surface area contributed by atoms with Gasteiger partial charge < -0.3 is 4.18 Å². The van der Waals surface area contributed by atoms with E-state index in [0.29, 0.717) is 0 Å². The highest BCUT2D eigenvalue weighted by Crippen LogP contribution is 2.52. The molecule has 6 nitrogen and oxygen atoms in total. The van der Waals surface area contributed by atoms with Crippen LogP contribution in [-0.2, 0) is 28.9 Å². The summed E-state index contributed by atoms with van der Waals surface area (Å²) >= 11 is 0. The molecule has 0 aromatic heterocycles. The summed E-state index contributed by atoms with van der Waals surface area (Å²) in [4.78, 5) is 11.7. The molecule has 2 aliphatic carbocycles. The Bertz CT molecular complexity index is 578. The van der Waals surface area contributed by atoms with E-state index >= 15 is 0 Å². The summed E-state index contributed by atoms with van der Waals surface area (Å²) in [6.45, 7) is 1.85. The molecule has 0 bridgehead atoms. The summed E-state index contributed by atoms with van der Waals surface area (Å²) < 4.78 is 48.8. The number of hydrogen-bond donors (Lipinski definition) is 0. The molecule has 0 aliphatic heterocycles. The van der Waals surface area contributed by atoms with Gasteiger partial charge in [-0.3, -0.25) is 0 Å². The third kappa shape index (κ3) is 2.54. The van der Waals surface area contributed by atoms with Crippen molar-refractivity contribution >= 4 is 25.9 Å². The van der Waals surface area contributed by atoms with Gasteiger partial charge >= 0.3 is 16.1 Å². The SMILES string of the molecule is CC1(CS(=O)(=O)C2(C(=O)OS(C)(=O)=O)CC2)CC1. The lowest BCUT2D eigenvalue weighted by molar-refractivity contribution is -0.134. The van der Waals surface area contributed by atoms with Crippen LogP contribution in [0, 0.1) is 5.41 Å². The Morgan fingerprint density at radius 2 is 1.61 bits per heavy atom. The molecule has 0 saturated heterocycles. The van der Waals surface area contributed by atoms with Crippen molar-refractivity contribution in [2.75, 3.05) is 12.0 Å². The van der Waals surface area contributed by atoms with E-state index < -0.39 is 30.7 Å². The molecule has 0 atom stereocenters. The van der Waals surface area contributed by atoms with E-state index in [1.54, 1.807) is 0 Å². The molecular formula is C10H16O6S2. The lowest BCUT2D eigenvalue weighted by Gasteiger charge is -2.16. The topological polar surface area (TPSA) is 94.6 Å². The van der Waals surface area contributed by atoms with Crippen molar-refractivity contribution in [2.45, 2.75) is 37.4 Å². The second kappa shape index (κ2) is 3.69. The van der Waals surface area contributed by atoms with Crippen LogP contribution in [0.2, 0.25) is 0 Å². The fraction of sp³-hybridized carbons (Fsp3) is 0.900. The van der Waals surface area contributed by atoms with Gasteiger partial charge in [-0.15, -0.1) is 0 Å². The maximum atomic E-state index is 12.2. The normalized spacial score (nSPS) is 24.3. The molecule has 2 aliphatic rings. The average molecular weight is 296 g/mol. The van der Waals surface area contributed by atoms with Crippen molar-refractivity contribution < 1.29 is 25.8 Å². The zero-order chi connectivity index (χ0) is 13.8. The maximum absolute atomic E-state index is 12.2. The van der Waals surface area contributed by atoms with Crippen molar-refractivity contribution in [3.05, 3.63) is 0 Å². The summed E-state index contributed by atoms with van der Waals surface area (Å²) in [6, 6.07) is 0. The monoisotopic (exact) mass is 296 g/mol. The second-order valence-electron chi connectivity index (χ2n) is 5.64. The molecule has 0 aromatic rings. The van der Waals surface area contributed by atoms with E-state index in [9.17, 15) is 21.6 Å². The fourth-order valence-electron chi connectivity index (χ4n) is 1.92. The highest BCUT2D eigenvalue weighted by atomic mass is 32.2. The largest absolute Gasteiger partial charge is 0.344 e. The highest BCUT2D eigenvalue weighted by Gasteiger charge is 2.64. The number of rotatable bonds is 5. The minimum atomic E-state index is -3.97. The van der Waals surface area contributed by atoms with Crippen LogP contribution >= 0.6 is 0 Å². The van der Waals surface area contributed by atoms with E-state index in [0.717, 1.165) is 19.1 Å². The smallest absolute Gasteiger partial charge is 0.343 e. The Hall–Kier alpha value is -0.630. The van der Waals surface area contributed by atoms with Gasteiger partial charge in [0.2, 0.25) is 0 Å². The van der Waals surface area contributed by atoms with Crippen molar-refractivity contribution in [1.29, 1.82) is 0 Å². The summed E-state index contributed by atoms with van der Waals surface area (Å²) in [6.07, 6.45) is 2.68. The third-order valence-electron chi connectivity index (χ3n) is 3.54. The molecule has 104 valence electrons. The molecule has 0 N–H and O–H groups in total. The molecule has 0 amide bonds. The molecule has 0 radical (unpaired) electrons. The first-order chi connectivity index (χ1) is 8.00. The Balaban J connectivity index is 2.18. The van der Waals surface area contributed by atoms with E-state index in [4.69, 9.17) is 0 Å². The molecule has 18 heavy (non-hydrogen) atoms. The van der Waals surface area contributed by atoms with Gasteiger partial charge in [0.1, 0.15) is 0 Å². The van der Waals surface area contributed by atoms with Gasteiger partial charge in [-0.2, -0.15) is 8.42 Å². The predicted molar refractivity (Wildman–Crippen MR) is 64.0 cm³/mol. The van der Waals surface area contributed by atoms with Crippen molar-refractivity contribution in [3.8, 4) is 0 Å². The zero-order valence-corrected chi connectivity index (χ0v) is 11.9. The predicted octanol–water partition coefficient (Wildman–Crippen LogP) is 0.237. The maximum Gasteiger partial charge on any atom is 0.343 e. The Morgan fingerprint density at radius 1 is 1.11 bits per heavy atom. The minimum Gasteiger partial charge on any atom is -0.344 e. The summed E-state index contributed by atoms with van der Waals surface area (Å²) in [5, 5.41) is 0. The van der Waals surface area contributed by atoms with E-state index in [2.05, 4.69) is 4.18 Å². The van der Waals surface area contributed by atoms with Crippen LogP contribution < -0.4 is 0 Å². The van der Waals surface area contributed by atoms with Gasteiger partial charge in [-0.25, -0.2) is 13.2 Å². The van der Waals surface area contributed by atoms with Crippen LogP contribution in [0.25, 0.3) is 0 Å². The van der Waals surface area contributed by atoms with Crippen molar-refractivity contribution in [2.24, 2.45) is 5.41 Å². The van der Waals surface area contributed by atoms with Gasteiger partial charge in [-0.05, 0) is 31.1 Å². The molecule has 0 aromatic carbocycles. The van der Waals surface area contributed by atoms with Gasteiger partial charge in [0, 0.05) is 0 Å². The van der Waals surface area contributed by atoms with Crippen LogP contribution in [0.4, 0.5) is 0 Å². The summed E-state index contributed by atoms with van der Waals surface area (Å²) in [7, 11) is -7.62. The van der Waals surface area contributed by atoms with Crippen LogP contribution in [-0.4, -0.2) is 39.6 Å². The zero-order valence-electron chi connectivity index (χ0n) is 10.3. The lowest BCUT2D eigenvalue weighted by Crippen LogP contribution is -2.38. The minimum absolute atomic E-state index is 0.0706. The molecule has 2 rings (SSSR count). The van der Waals surface area contributed by atoms with Crippen LogP contribution in [0.5, 0.6) is 0 Å².